The predicted molar refractivity (Wildman–Crippen MR) is 128 cm³/mol. The van der Waals surface area contributed by atoms with Crippen LogP contribution in [0.25, 0.3) is 0 Å². The molecule has 3 rings (SSSR count). The van der Waals surface area contributed by atoms with Gasteiger partial charge in [-0.25, -0.2) is 0 Å². The van der Waals surface area contributed by atoms with E-state index in [2.05, 4.69) is 15.5 Å². The highest BCUT2D eigenvalue weighted by Crippen LogP contribution is 2.18. The molecule has 0 aliphatic heterocycles. The molecule has 0 radical (unpaired) electrons. The van der Waals surface area contributed by atoms with Gasteiger partial charge in [0.05, 0.1) is 5.75 Å². The zero-order chi connectivity index (χ0) is 23.1. The second-order valence-electron chi connectivity index (χ2n) is 7.52. The third kappa shape index (κ3) is 6.10. The molecule has 1 aromatic heterocycles. The van der Waals surface area contributed by atoms with Crippen molar-refractivity contribution in [2.24, 2.45) is 7.05 Å². The monoisotopic (exact) mass is 452 g/mol. The minimum absolute atomic E-state index is 0.0752. The van der Waals surface area contributed by atoms with E-state index in [4.69, 9.17) is 0 Å². The van der Waals surface area contributed by atoms with E-state index in [1.54, 1.807) is 40.1 Å². The number of thioether (sulfide) groups is 1. The van der Waals surface area contributed by atoms with Gasteiger partial charge in [-0.1, -0.05) is 30.0 Å². The van der Waals surface area contributed by atoms with Gasteiger partial charge >= 0.3 is 0 Å². The lowest BCUT2D eigenvalue weighted by atomic mass is 10.1. The van der Waals surface area contributed by atoms with Gasteiger partial charge in [0, 0.05) is 51.2 Å². The Balaban J connectivity index is 1.62. The Morgan fingerprint density at radius 3 is 2.50 bits per heavy atom. The van der Waals surface area contributed by atoms with Crippen LogP contribution in [0.4, 0.5) is 11.4 Å². The van der Waals surface area contributed by atoms with E-state index in [1.807, 2.05) is 57.2 Å². The van der Waals surface area contributed by atoms with Crippen molar-refractivity contribution in [1.82, 2.24) is 19.7 Å². The summed E-state index contributed by atoms with van der Waals surface area (Å²) in [5.74, 6) is -0.0426. The number of anilines is 2. The molecule has 2 amide bonds. The summed E-state index contributed by atoms with van der Waals surface area (Å²) in [5.41, 5.74) is 3.31. The van der Waals surface area contributed by atoms with Gasteiger partial charge in [-0.15, -0.1) is 10.2 Å². The van der Waals surface area contributed by atoms with Crippen LogP contribution in [0.2, 0.25) is 0 Å². The van der Waals surface area contributed by atoms with E-state index in [0.717, 1.165) is 11.3 Å². The summed E-state index contributed by atoms with van der Waals surface area (Å²) in [5, 5.41) is 11.3. The number of carbonyl (C=O) groups excluding carboxylic acids is 2. The Morgan fingerprint density at radius 2 is 1.88 bits per heavy atom. The largest absolute Gasteiger partial charge is 0.378 e. The quantitative estimate of drug-likeness (QED) is 0.502. The highest BCUT2D eigenvalue weighted by Gasteiger charge is 2.16. The van der Waals surface area contributed by atoms with Crippen molar-refractivity contribution in [2.75, 3.05) is 36.6 Å². The SMILES string of the molecule is CCN(Cc1ccc(N(C)C)cc1)C(=O)c1cccc(NC(=O)CSc2nncn2C)c1. The first-order valence-corrected chi connectivity index (χ1v) is 11.3. The van der Waals surface area contributed by atoms with Crippen LogP contribution in [0.15, 0.2) is 60.0 Å². The molecular formula is C23H28N6O2S. The summed E-state index contributed by atoms with van der Waals surface area (Å²) in [6.07, 6.45) is 1.59. The number of aromatic nitrogens is 3. The number of amides is 2. The molecule has 168 valence electrons. The molecule has 0 bridgehead atoms. The summed E-state index contributed by atoms with van der Waals surface area (Å²) in [6.45, 7) is 3.06. The van der Waals surface area contributed by atoms with Crippen LogP contribution < -0.4 is 10.2 Å². The van der Waals surface area contributed by atoms with Crippen molar-refractivity contribution < 1.29 is 9.59 Å². The Morgan fingerprint density at radius 1 is 1.12 bits per heavy atom. The van der Waals surface area contributed by atoms with Crippen LogP contribution in [0.3, 0.4) is 0 Å². The number of hydrogen-bond acceptors (Lipinski definition) is 6. The van der Waals surface area contributed by atoms with Crippen molar-refractivity contribution in [2.45, 2.75) is 18.6 Å². The Kier molecular flexibility index (Phi) is 7.88. The van der Waals surface area contributed by atoms with Crippen molar-refractivity contribution in [1.29, 1.82) is 0 Å². The third-order valence-electron chi connectivity index (χ3n) is 4.89. The van der Waals surface area contributed by atoms with E-state index in [-0.39, 0.29) is 17.6 Å². The van der Waals surface area contributed by atoms with Crippen molar-refractivity contribution in [3.8, 4) is 0 Å². The van der Waals surface area contributed by atoms with Gasteiger partial charge < -0.3 is 19.7 Å². The maximum absolute atomic E-state index is 13.1. The average molecular weight is 453 g/mol. The van der Waals surface area contributed by atoms with Gasteiger partial charge in [0.1, 0.15) is 6.33 Å². The fourth-order valence-electron chi connectivity index (χ4n) is 3.09. The molecule has 0 saturated heterocycles. The van der Waals surface area contributed by atoms with Crippen LogP contribution in [0, 0.1) is 0 Å². The number of nitrogens with zero attached hydrogens (tertiary/aromatic N) is 5. The molecule has 32 heavy (non-hydrogen) atoms. The standard InChI is InChI=1S/C23H28N6O2S/c1-5-29(14-17-9-11-20(12-10-17)27(2)3)22(31)18-7-6-8-19(13-18)25-21(30)15-32-23-26-24-16-28(23)4/h6-13,16H,5,14-15H2,1-4H3,(H,25,30). The second kappa shape index (κ2) is 10.8. The van der Waals surface area contributed by atoms with E-state index >= 15 is 0 Å². The molecule has 0 fully saturated rings. The topological polar surface area (TPSA) is 83.4 Å². The predicted octanol–water partition coefficient (Wildman–Crippen LogP) is 3.27. The van der Waals surface area contributed by atoms with Gasteiger partial charge in [0.2, 0.25) is 5.91 Å². The zero-order valence-electron chi connectivity index (χ0n) is 18.8. The molecule has 1 heterocycles. The molecular weight excluding hydrogens is 424 g/mol. The molecule has 2 aromatic carbocycles. The number of nitrogens with one attached hydrogen (secondary N) is 1. The normalized spacial score (nSPS) is 10.6. The van der Waals surface area contributed by atoms with Crippen LogP contribution in [-0.4, -0.2) is 57.9 Å². The Hall–Kier alpha value is -3.33. The van der Waals surface area contributed by atoms with Gasteiger partial charge in [0.15, 0.2) is 5.16 Å². The Labute approximate surface area is 192 Å². The number of aryl methyl sites for hydroxylation is 1. The molecule has 3 aromatic rings. The maximum atomic E-state index is 13.1. The zero-order valence-corrected chi connectivity index (χ0v) is 19.6. The van der Waals surface area contributed by atoms with Crippen molar-refractivity contribution >= 4 is 35.0 Å². The number of carbonyl (C=O) groups is 2. The summed E-state index contributed by atoms with van der Waals surface area (Å²) in [4.78, 5) is 29.2. The molecule has 0 atom stereocenters. The van der Waals surface area contributed by atoms with E-state index in [1.165, 1.54) is 11.8 Å². The highest BCUT2D eigenvalue weighted by molar-refractivity contribution is 7.99. The van der Waals surface area contributed by atoms with Crippen LogP contribution in [0.5, 0.6) is 0 Å². The lowest BCUT2D eigenvalue weighted by Crippen LogP contribution is -2.30. The molecule has 1 N–H and O–H groups in total. The summed E-state index contributed by atoms with van der Waals surface area (Å²) in [7, 11) is 5.82. The molecule has 0 unspecified atom stereocenters. The smallest absolute Gasteiger partial charge is 0.254 e. The highest BCUT2D eigenvalue weighted by atomic mass is 32.2. The lowest BCUT2D eigenvalue weighted by molar-refractivity contribution is -0.113. The first kappa shape index (κ1) is 23.3. The fraction of sp³-hybridized carbons (Fsp3) is 0.304. The molecule has 0 saturated carbocycles. The molecule has 0 aliphatic carbocycles. The van der Waals surface area contributed by atoms with Crippen LogP contribution >= 0.6 is 11.8 Å². The number of benzene rings is 2. The van der Waals surface area contributed by atoms with Crippen LogP contribution in [-0.2, 0) is 18.4 Å². The summed E-state index contributed by atoms with van der Waals surface area (Å²) >= 11 is 1.30. The van der Waals surface area contributed by atoms with Crippen molar-refractivity contribution in [3.05, 3.63) is 66.0 Å². The van der Waals surface area contributed by atoms with Crippen molar-refractivity contribution in [3.63, 3.8) is 0 Å². The minimum Gasteiger partial charge on any atom is -0.378 e. The molecule has 0 aliphatic rings. The summed E-state index contributed by atoms with van der Waals surface area (Å²) in [6, 6.07) is 15.2. The van der Waals surface area contributed by atoms with E-state index in [9.17, 15) is 9.59 Å². The van der Waals surface area contributed by atoms with E-state index in [0.29, 0.717) is 29.5 Å². The number of rotatable bonds is 9. The van der Waals surface area contributed by atoms with Crippen LogP contribution in [0.1, 0.15) is 22.8 Å². The first-order chi connectivity index (χ1) is 15.4. The van der Waals surface area contributed by atoms with Gasteiger partial charge in [-0.2, -0.15) is 0 Å². The molecule has 0 spiro atoms. The molecule has 8 nitrogen and oxygen atoms in total. The first-order valence-electron chi connectivity index (χ1n) is 10.3. The minimum atomic E-state index is -0.170. The van der Waals surface area contributed by atoms with Gasteiger partial charge in [-0.3, -0.25) is 9.59 Å². The summed E-state index contributed by atoms with van der Waals surface area (Å²) < 4.78 is 1.75. The third-order valence-corrected chi connectivity index (χ3v) is 5.92. The number of hydrogen-bond donors (Lipinski definition) is 1. The lowest BCUT2D eigenvalue weighted by Gasteiger charge is -2.22. The van der Waals surface area contributed by atoms with Gasteiger partial charge in [-0.05, 0) is 42.8 Å². The maximum Gasteiger partial charge on any atom is 0.254 e. The average Bonchev–Trinajstić information content (AvgIpc) is 3.20. The van der Waals surface area contributed by atoms with E-state index < -0.39 is 0 Å². The van der Waals surface area contributed by atoms with Gasteiger partial charge in [0.25, 0.3) is 5.91 Å². The molecule has 9 heteroatoms. The second-order valence-corrected chi connectivity index (χ2v) is 8.46. The fourth-order valence-corrected chi connectivity index (χ4v) is 3.78. The Bertz CT molecular complexity index is 1060.